The number of rotatable bonds is 2. The van der Waals surface area contributed by atoms with Crippen LogP contribution in [0, 0.1) is 0 Å². The SMILES string of the molecule is c1ccc2[nH]c(-c3ccsc3-c3nc4ccccc4[nH]3)nc2c1. The number of benzene rings is 2. The van der Waals surface area contributed by atoms with Gasteiger partial charge in [0.1, 0.15) is 11.6 Å². The van der Waals surface area contributed by atoms with Gasteiger partial charge in [-0.3, -0.25) is 0 Å². The molecule has 3 aromatic heterocycles. The number of nitrogens with zero attached hydrogens (tertiary/aromatic N) is 2. The third kappa shape index (κ3) is 1.98. The van der Waals surface area contributed by atoms with E-state index in [9.17, 15) is 0 Å². The third-order valence-corrected chi connectivity index (χ3v) is 4.84. The minimum absolute atomic E-state index is 0.878. The van der Waals surface area contributed by atoms with E-state index >= 15 is 0 Å². The van der Waals surface area contributed by atoms with Crippen LogP contribution in [0.2, 0.25) is 0 Å². The predicted molar refractivity (Wildman–Crippen MR) is 94.5 cm³/mol. The van der Waals surface area contributed by atoms with Crippen molar-refractivity contribution >= 4 is 33.4 Å². The molecule has 0 bridgehead atoms. The average molecular weight is 316 g/mol. The number of hydrogen-bond donors (Lipinski definition) is 2. The van der Waals surface area contributed by atoms with Crippen LogP contribution in [-0.4, -0.2) is 19.9 Å². The van der Waals surface area contributed by atoms with Crippen molar-refractivity contribution in [1.29, 1.82) is 0 Å². The molecule has 5 heteroatoms. The Morgan fingerprint density at radius 3 is 2.00 bits per heavy atom. The minimum atomic E-state index is 0.878. The highest BCUT2D eigenvalue weighted by Gasteiger charge is 2.15. The Labute approximate surface area is 135 Å². The van der Waals surface area contributed by atoms with E-state index in [2.05, 4.69) is 21.4 Å². The van der Waals surface area contributed by atoms with Crippen LogP contribution in [0.25, 0.3) is 44.2 Å². The molecule has 110 valence electrons. The average Bonchev–Trinajstić information content (AvgIpc) is 3.30. The quantitative estimate of drug-likeness (QED) is 0.490. The van der Waals surface area contributed by atoms with Crippen molar-refractivity contribution in [3.8, 4) is 22.1 Å². The Morgan fingerprint density at radius 1 is 0.696 bits per heavy atom. The molecule has 0 unspecified atom stereocenters. The molecule has 0 amide bonds. The fourth-order valence-corrected chi connectivity index (χ4v) is 3.66. The maximum Gasteiger partial charge on any atom is 0.149 e. The number of fused-ring (bicyclic) bond motifs is 2. The fourth-order valence-electron chi connectivity index (χ4n) is 2.82. The van der Waals surface area contributed by atoms with Gasteiger partial charge in [0, 0.05) is 5.56 Å². The highest BCUT2D eigenvalue weighted by Crippen LogP contribution is 2.35. The first-order valence-corrected chi connectivity index (χ1v) is 8.24. The molecule has 2 N–H and O–H groups in total. The van der Waals surface area contributed by atoms with Crippen molar-refractivity contribution in [2.75, 3.05) is 0 Å². The van der Waals surface area contributed by atoms with Crippen LogP contribution < -0.4 is 0 Å². The molecule has 0 saturated carbocycles. The Bertz CT molecular complexity index is 978. The van der Waals surface area contributed by atoms with Crippen molar-refractivity contribution in [2.24, 2.45) is 0 Å². The molecule has 0 saturated heterocycles. The van der Waals surface area contributed by atoms with Gasteiger partial charge in [0.2, 0.25) is 0 Å². The smallest absolute Gasteiger partial charge is 0.149 e. The monoisotopic (exact) mass is 316 g/mol. The number of H-pyrrole nitrogens is 2. The largest absolute Gasteiger partial charge is 0.338 e. The Balaban J connectivity index is 1.69. The number of aromatic amines is 2. The van der Waals surface area contributed by atoms with E-state index in [-0.39, 0.29) is 0 Å². The van der Waals surface area contributed by atoms with Gasteiger partial charge in [-0.1, -0.05) is 24.3 Å². The van der Waals surface area contributed by atoms with E-state index in [1.54, 1.807) is 11.3 Å². The van der Waals surface area contributed by atoms with E-state index in [1.165, 1.54) is 0 Å². The Hall–Kier alpha value is -2.92. The van der Waals surface area contributed by atoms with E-state index in [4.69, 9.17) is 9.97 Å². The summed E-state index contributed by atoms with van der Waals surface area (Å²) in [7, 11) is 0. The second kappa shape index (κ2) is 4.79. The first-order chi connectivity index (χ1) is 11.4. The zero-order valence-corrected chi connectivity index (χ0v) is 12.9. The molecule has 4 nitrogen and oxygen atoms in total. The van der Waals surface area contributed by atoms with Crippen molar-refractivity contribution < 1.29 is 0 Å². The zero-order chi connectivity index (χ0) is 15.2. The van der Waals surface area contributed by atoms with E-state index < -0.39 is 0 Å². The number of nitrogens with one attached hydrogen (secondary N) is 2. The molecular weight excluding hydrogens is 304 g/mol. The maximum absolute atomic E-state index is 4.71. The second-order valence-corrected chi connectivity index (χ2v) is 6.28. The normalized spacial score (nSPS) is 11.5. The van der Waals surface area contributed by atoms with Crippen molar-refractivity contribution in [3.63, 3.8) is 0 Å². The van der Waals surface area contributed by atoms with Crippen LogP contribution in [0.3, 0.4) is 0 Å². The van der Waals surface area contributed by atoms with Crippen molar-refractivity contribution in [1.82, 2.24) is 19.9 Å². The number of aromatic nitrogens is 4. The van der Waals surface area contributed by atoms with Crippen LogP contribution >= 0.6 is 11.3 Å². The molecule has 0 radical (unpaired) electrons. The Kier molecular flexibility index (Phi) is 2.63. The molecule has 3 heterocycles. The lowest BCUT2D eigenvalue weighted by Gasteiger charge is -1.97. The summed E-state index contributed by atoms with van der Waals surface area (Å²) in [5.74, 6) is 1.76. The Morgan fingerprint density at radius 2 is 1.30 bits per heavy atom. The van der Waals surface area contributed by atoms with Gasteiger partial charge >= 0.3 is 0 Å². The van der Waals surface area contributed by atoms with E-state index in [0.717, 1.165) is 44.2 Å². The summed E-state index contributed by atoms with van der Waals surface area (Å²) in [6.45, 7) is 0. The topological polar surface area (TPSA) is 57.4 Å². The van der Waals surface area contributed by atoms with E-state index in [0.29, 0.717) is 0 Å². The first kappa shape index (κ1) is 12.6. The maximum atomic E-state index is 4.71. The standard InChI is InChI=1S/C18H12N4S/c1-2-6-13-12(5-1)19-17(20-13)11-9-10-23-16(11)18-21-14-7-3-4-8-15(14)22-18/h1-10H,(H,19,20)(H,21,22). The minimum Gasteiger partial charge on any atom is -0.338 e. The van der Waals surface area contributed by atoms with Crippen LogP contribution in [-0.2, 0) is 0 Å². The molecule has 0 fully saturated rings. The molecule has 23 heavy (non-hydrogen) atoms. The van der Waals surface area contributed by atoms with Crippen LogP contribution in [0.4, 0.5) is 0 Å². The number of thiophene rings is 1. The highest BCUT2D eigenvalue weighted by atomic mass is 32.1. The summed E-state index contributed by atoms with van der Waals surface area (Å²) in [5, 5.41) is 2.07. The lowest BCUT2D eigenvalue weighted by molar-refractivity contribution is 1.32. The van der Waals surface area contributed by atoms with Gasteiger partial charge in [-0.2, -0.15) is 0 Å². The van der Waals surface area contributed by atoms with Gasteiger partial charge in [-0.05, 0) is 35.7 Å². The molecule has 0 aliphatic heterocycles. The number of hydrogen-bond acceptors (Lipinski definition) is 3. The highest BCUT2D eigenvalue weighted by molar-refractivity contribution is 7.14. The first-order valence-electron chi connectivity index (χ1n) is 7.36. The lowest BCUT2D eigenvalue weighted by atomic mass is 10.2. The van der Waals surface area contributed by atoms with Gasteiger partial charge in [-0.15, -0.1) is 11.3 Å². The van der Waals surface area contributed by atoms with Gasteiger partial charge in [-0.25, -0.2) is 9.97 Å². The fraction of sp³-hybridized carbons (Fsp3) is 0. The van der Waals surface area contributed by atoms with Crippen LogP contribution in [0.15, 0.2) is 60.0 Å². The molecule has 2 aromatic carbocycles. The number of imidazole rings is 2. The summed E-state index contributed by atoms with van der Waals surface area (Å²) >= 11 is 1.67. The molecule has 0 spiro atoms. The van der Waals surface area contributed by atoms with Crippen molar-refractivity contribution in [3.05, 3.63) is 60.0 Å². The van der Waals surface area contributed by atoms with Gasteiger partial charge in [0.15, 0.2) is 0 Å². The van der Waals surface area contributed by atoms with Crippen LogP contribution in [0.1, 0.15) is 0 Å². The summed E-state index contributed by atoms with van der Waals surface area (Å²) in [4.78, 5) is 17.3. The van der Waals surface area contributed by atoms with E-state index in [1.807, 2.05) is 48.5 Å². The zero-order valence-electron chi connectivity index (χ0n) is 12.1. The van der Waals surface area contributed by atoms with Gasteiger partial charge < -0.3 is 9.97 Å². The summed E-state index contributed by atoms with van der Waals surface area (Å²) < 4.78 is 0. The summed E-state index contributed by atoms with van der Waals surface area (Å²) in [6, 6.07) is 18.2. The molecule has 0 aliphatic carbocycles. The molecular formula is C18H12N4S. The molecule has 0 atom stereocenters. The van der Waals surface area contributed by atoms with Crippen molar-refractivity contribution in [2.45, 2.75) is 0 Å². The number of para-hydroxylation sites is 4. The van der Waals surface area contributed by atoms with Gasteiger partial charge in [0.05, 0.1) is 26.9 Å². The third-order valence-electron chi connectivity index (χ3n) is 3.91. The molecule has 5 rings (SSSR count). The summed E-state index contributed by atoms with van der Waals surface area (Å²) in [6.07, 6.45) is 0. The predicted octanol–water partition coefficient (Wildman–Crippen LogP) is 4.83. The lowest BCUT2D eigenvalue weighted by Crippen LogP contribution is -1.83. The second-order valence-electron chi connectivity index (χ2n) is 5.37. The molecule has 5 aromatic rings. The van der Waals surface area contributed by atoms with Crippen LogP contribution in [0.5, 0.6) is 0 Å². The summed E-state index contributed by atoms with van der Waals surface area (Å²) in [5.41, 5.74) is 5.12. The van der Waals surface area contributed by atoms with Gasteiger partial charge in [0.25, 0.3) is 0 Å². The molecule has 0 aliphatic rings.